The summed E-state index contributed by atoms with van der Waals surface area (Å²) in [6.07, 6.45) is 3.42. The third kappa shape index (κ3) is 6.91. The highest BCUT2D eigenvalue weighted by Gasteiger charge is 2.37. The van der Waals surface area contributed by atoms with Gasteiger partial charge in [0.2, 0.25) is 10.0 Å². The number of sulfonamides is 1. The Hall–Kier alpha value is -3.17. The van der Waals surface area contributed by atoms with Crippen LogP contribution in [0.4, 0.5) is 4.79 Å². The van der Waals surface area contributed by atoms with E-state index < -0.39 is 28.1 Å². The molecule has 34 heavy (non-hydrogen) atoms. The van der Waals surface area contributed by atoms with E-state index in [2.05, 4.69) is 0 Å². The fraction of sp³-hybridized carbons (Fsp3) is 0.360. The minimum Gasteiger partial charge on any atom is -0.463 e. The predicted octanol–water partition coefficient (Wildman–Crippen LogP) is 3.60. The molecule has 0 N–H and O–H groups in total. The van der Waals surface area contributed by atoms with Crippen LogP contribution in [0.5, 0.6) is 0 Å². The quantitative estimate of drug-likeness (QED) is 0.397. The Labute approximate surface area is 200 Å². The second-order valence-electron chi connectivity index (χ2n) is 7.80. The highest BCUT2D eigenvalue weighted by atomic mass is 32.2. The van der Waals surface area contributed by atoms with Crippen molar-refractivity contribution >= 4 is 22.1 Å². The smallest absolute Gasteiger partial charge is 0.410 e. The molecule has 0 saturated carbocycles. The Balaban J connectivity index is 1.70. The minimum absolute atomic E-state index is 0.148. The maximum absolute atomic E-state index is 13.3. The van der Waals surface area contributed by atoms with Crippen molar-refractivity contribution in [3.63, 3.8) is 0 Å². The number of carbonyl (C=O) groups excluding carboxylic acids is 2. The molecule has 1 fully saturated rings. The molecule has 0 aliphatic carbocycles. The fourth-order valence-corrected chi connectivity index (χ4v) is 5.41. The zero-order valence-electron chi connectivity index (χ0n) is 19.2. The highest BCUT2D eigenvalue weighted by molar-refractivity contribution is 7.89. The summed E-state index contributed by atoms with van der Waals surface area (Å²) in [5.41, 5.74) is 0.877. The van der Waals surface area contributed by atoms with Crippen molar-refractivity contribution in [3.8, 4) is 0 Å². The zero-order chi connectivity index (χ0) is 24.4. The maximum Gasteiger partial charge on any atom is 0.410 e. The van der Waals surface area contributed by atoms with Crippen molar-refractivity contribution in [1.29, 1.82) is 0 Å². The molecule has 1 atom stereocenters. The molecule has 0 spiro atoms. The number of benzene rings is 2. The number of allylic oxidation sites excluding steroid dienone is 1. The molecule has 1 unspecified atom stereocenters. The molecule has 9 heteroatoms. The van der Waals surface area contributed by atoms with Crippen molar-refractivity contribution in [1.82, 2.24) is 9.21 Å². The van der Waals surface area contributed by atoms with Gasteiger partial charge in [-0.2, -0.15) is 4.31 Å². The van der Waals surface area contributed by atoms with Crippen molar-refractivity contribution in [2.24, 2.45) is 0 Å². The van der Waals surface area contributed by atoms with Crippen molar-refractivity contribution in [2.75, 3.05) is 26.2 Å². The number of hydrogen-bond acceptors (Lipinski definition) is 6. The van der Waals surface area contributed by atoms with Gasteiger partial charge in [-0.1, -0.05) is 54.6 Å². The largest absolute Gasteiger partial charge is 0.463 e. The van der Waals surface area contributed by atoms with Crippen LogP contribution in [0.15, 0.2) is 77.7 Å². The van der Waals surface area contributed by atoms with E-state index in [9.17, 15) is 18.0 Å². The van der Waals surface area contributed by atoms with E-state index in [1.165, 1.54) is 10.4 Å². The third-order valence-electron chi connectivity index (χ3n) is 5.45. The fourth-order valence-electron chi connectivity index (χ4n) is 3.75. The topological polar surface area (TPSA) is 93.2 Å². The number of hydrogen-bond donors (Lipinski definition) is 0. The Morgan fingerprint density at radius 2 is 1.68 bits per heavy atom. The lowest BCUT2D eigenvalue weighted by atomic mass is 10.1. The molecule has 0 radical (unpaired) electrons. The van der Waals surface area contributed by atoms with Gasteiger partial charge in [-0.05, 0) is 37.5 Å². The minimum atomic E-state index is -3.74. The van der Waals surface area contributed by atoms with Gasteiger partial charge in [-0.25, -0.2) is 18.0 Å². The van der Waals surface area contributed by atoms with E-state index in [1.54, 1.807) is 48.2 Å². The van der Waals surface area contributed by atoms with E-state index >= 15 is 0 Å². The molecule has 1 saturated heterocycles. The van der Waals surface area contributed by atoms with Crippen LogP contribution in [-0.2, 0) is 30.9 Å². The van der Waals surface area contributed by atoms with Gasteiger partial charge in [0.15, 0.2) is 0 Å². The number of ether oxygens (including phenoxy) is 2. The van der Waals surface area contributed by atoms with Crippen molar-refractivity contribution < 1.29 is 27.5 Å². The van der Waals surface area contributed by atoms with E-state index in [0.29, 0.717) is 12.8 Å². The summed E-state index contributed by atoms with van der Waals surface area (Å²) in [4.78, 5) is 26.0. The third-order valence-corrected chi connectivity index (χ3v) is 7.41. The Morgan fingerprint density at radius 1 is 1.00 bits per heavy atom. The van der Waals surface area contributed by atoms with Gasteiger partial charge in [0.1, 0.15) is 6.61 Å². The average Bonchev–Trinajstić information content (AvgIpc) is 2.86. The zero-order valence-corrected chi connectivity index (χ0v) is 20.0. The number of amides is 1. The average molecular weight is 487 g/mol. The lowest BCUT2D eigenvalue weighted by Gasteiger charge is -2.40. The predicted molar refractivity (Wildman–Crippen MR) is 127 cm³/mol. The number of carbonyl (C=O) groups is 2. The summed E-state index contributed by atoms with van der Waals surface area (Å²) in [6.45, 7) is 2.75. The summed E-state index contributed by atoms with van der Waals surface area (Å²) < 4.78 is 38.4. The van der Waals surface area contributed by atoms with Crippen LogP contribution in [0, 0.1) is 0 Å². The molecule has 1 aliphatic rings. The summed E-state index contributed by atoms with van der Waals surface area (Å²) >= 11 is 0. The first-order valence-electron chi connectivity index (χ1n) is 11.3. The monoisotopic (exact) mass is 486 g/mol. The summed E-state index contributed by atoms with van der Waals surface area (Å²) in [6, 6.07) is 17.2. The van der Waals surface area contributed by atoms with Crippen molar-refractivity contribution in [3.05, 3.63) is 78.4 Å². The second-order valence-corrected chi connectivity index (χ2v) is 9.69. The van der Waals surface area contributed by atoms with Gasteiger partial charge in [0, 0.05) is 31.8 Å². The molecular formula is C25H30N2O6S. The first kappa shape index (κ1) is 25.5. The van der Waals surface area contributed by atoms with Crippen LogP contribution in [0.3, 0.4) is 0 Å². The molecule has 1 aliphatic heterocycles. The highest BCUT2D eigenvalue weighted by Crippen LogP contribution is 2.24. The van der Waals surface area contributed by atoms with Crippen LogP contribution in [-0.4, -0.2) is 62.0 Å². The van der Waals surface area contributed by atoms with E-state index in [4.69, 9.17) is 9.47 Å². The molecule has 2 aromatic rings. The van der Waals surface area contributed by atoms with Gasteiger partial charge < -0.3 is 14.4 Å². The summed E-state index contributed by atoms with van der Waals surface area (Å²) in [7, 11) is -3.74. The van der Waals surface area contributed by atoms with Gasteiger partial charge >= 0.3 is 12.1 Å². The molecule has 3 rings (SSSR count). The van der Waals surface area contributed by atoms with Gasteiger partial charge in [-0.3, -0.25) is 0 Å². The van der Waals surface area contributed by atoms with E-state index in [1.807, 2.05) is 30.3 Å². The number of piperazine rings is 1. The van der Waals surface area contributed by atoms with Crippen LogP contribution in [0.25, 0.3) is 0 Å². The molecule has 0 bridgehead atoms. The first-order valence-corrected chi connectivity index (χ1v) is 12.7. The first-order chi connectivity index (χ1) is 16.4. The van der Waals surface area contributed by atoms with Crippen LogP contribution in [0.1, 0.15) is 25.3 Å². The Morgan fingerprint density at radius 3 is 2.35 bits per heavy atom. The molecule has 1 amide bonds. The molecule has 8 nitrogen and oxygen atoms in total. The normalized spacial score (nSPS) is 17.0. The van der Waals surface area contributed by atoms with E-state index in [-0.39, 0.29) is 37.7 Å². The molecule has 2 aromatic carbocycles. The van der Waals surface area contributed by atoms with Crippen LogP contribution in [0.2, 0.25) is 0 Å². The summed E-state index contributed by atoms with van der Waals surface area (Å²) in [5.74, 6) is -0.439. The van der Waals surface area contributed by atoms with Gasteiger partial charge in [-0.15, -0.1) is 0 Å². The second kappa shape index (κ2) is 12.3. The van der Waals surface area contributed by atoms with Gasteiger partial charge in [0.25, 0.3) is 0 Å². The summed E-state index contributed by atoms with van der Waals surface area (Å²) in [5, 5.41) is 0. The Bertz CT molecular complexity index is 1070. The van der Waals surface area contributed by atoms with Gasteiger partial charge in [0.05, 0.1) is 11.5 Å². The molecule has 0 aromatic heterocycles. The number of esters is 1. The molecule has 182 valence electrons. The van der Waals surface area contributed by atoms with Crippen LogP contribution >= 0.6 is 0 Å². The SMILES string of the molecule is CCOC(=O)C=CCCC1CN(C(=O)OCc2ccccc2)CCN1S(=O)(=O)c1ccccc1. The Kier molecular flexibility index (Phi) is 9.24. The lowest BCUT2D eigenvalue weighted by Crippen LogP contribution is -2.56. The molecule has 1 heterocycles. The molecular weight excluding hydrogens is 456 g/mol. The standard InChI is InChI=1S/C25H30N2O6S/c1-2-32-24(28)16-10-9-13-22-19-26(25(29)33-20-21-11-5-3-6-12-21)17-18-27(22)34(30,31)23-14-7-4-8-15-23/h3-8,10-12,14-16,22H,2,9,13,17-20H2,1H3. The maximum atomic E-state index is 13.3. The number of nitrogens with zero attached hydrogens (tertiary/aromatic N) is 2. The van der Waals surface area contributed by atoms with Crippen molar-refractivity contribution in [2.45, 2.75) is 37.3 Å². The van der Waals surface area contributed by atoms with E-state index in [0.717, 1.165) is 5.56 Å². The number of rotatable bonds is 9. The lowest BCUT2D eigenvalue weighted by molar-refractivity contribution is -0.137. The van der Waals surface area contributed by atoms with Crippen LogP contribution < -0.4 is 0 Å².